The first-order valence-corrected chi connectivity index (χ1v) is 6.86. The summed E-state index contributed by atoms with van der Waals surface area (Å²) in [5, 5.41) is 12.7. The molecule has 17 heavy (non-hydrogen) atoms. The van der Waals surface area contributed by atoms with Gasteiger partial charge in [-0.3, -0.25) is 4.79 Å². The fraction of sp³-hybridized carbons (Fsp3) is 0.923. The highest BCUT2D eigenvalue weighted by Gasteiger charge is 2.43. The number of nitrogens with one attached hydrogen (secondary N) is 1. The Morgan fingerprint density at radius 1 is 1.47 bits per heavy atom. The number of hydrogen-bond donors (Lipinski definition) is 2. The SMILES string of the molecule is CCC1(C(=O)N2CCC[C@@H]2CO)CCNCC1. The van der Waals surface area contributed by atoms with Crippen molar-refractivity contribution >= 4 is 5.91 Å². The molecule has 4 nitrogen and oxygen atoms in total. The van der Waals surface area contributed by atoms with Crippen molar-refractivity contribution in [2.75, 3.05) is 26.2 Å². The third-order valence-electron chi connectivity index (χ3n) is 4.54. The lowest BCUT2D eigenvalue weighted by Gasteiger charge is -2.40. The summed E-state index contributed by atoms with van der Waals surface area (Å²) in [5.74, 6) is 0.290. The smallest absolute Gasteiger partial charge is 0.229 e. The maximum absolute atomic E-state index is 12.7. The van der Waals surface area contributed by atoms with E-state index >= 15 is 0 Å². The van der Waals surface area contributed by atoms with Gasteiger partial charge in [-0.15, -0.1) is 0 Å². The Bertz CT molecular complexity index is 275. The van der Waals surface area contributed by atoms with Crippen molar-refractivity contribution in [3.63, 3.8) is 0 Å². The molecule has 2 N–H and O–H groups in total. The molecule has 2 aliphatic heterocycles. The van der Waals surface area contributed by atoms with Gasteiger partial charge in [0.15, 0.2) is 0 Å². The number of hydrogen-bond acceptors (Lipinski definition) is 3. The van der Waals surface area contributed by atoms with Crippen molar-refractivity contribution < 1.29 is 9.90 Å². The quantitative estimate of drug-likeness (QED) is 0.765. The van der Waals surface area contributed by atoms with Crippen LogP contribution in [0.25, 0.3) is 0 Å². The molecule has 1 amide bonds. The summed E-state index contributed by atoms with van der Waals surface area (Å²) < 4.78 is 0. The molecule has 2 aliphatic rings. The Kier molecular flexibility index (Phi) is 4.05. The van der Waals surface area contributed by atoms with Crippen molar-refractivity contribution in [2.24, 2.45) is 5.41 Å². The summed E-state index contributed by atoms with van der Waals surface area (Å²) in [6, 6.07) is 0.0702. The number of piperidine rings is 1. The second kappa shape index (κ2) is 5.36. The predicted octanol–water partition coefficient (Wildman–Crippen LogP) is 0.750. The molecule has 0 aliphatic carbocycles. The first-order valence-electron chi connectivity index (χ1n) is 6.86. The van der Waals surface area contributed by atoms with E-state index in [2.05, 4.69) is 12.2 Å². The van der Waals surface area contributed by atoms with E-state index < -0.39 is 0 Å². The second-order valence-corrected chi connectivity index (χ2v) is 5.36. The Hall–Kier alpha value is -0.610. The van der Waals surface area contributed by atoms with Crippen LogP contribution in [0.2, 0.25) is 0 Å². The molecular formula is C13H24N2O2. The largest absolute Gasteiger partial charge is 0.394 e. The van der Waals surface area contributed by atoms with Crippen molar-refractivity contribution in [3.8, 4) is 0 Å². The highest BCUT2D eigenvalue weighted by Crippen LogP contribution is 2.36. The van der Waals surface area contributed by atoms with Crippen LogP contribution in [-0.4, -0.2) is 48.2 Å². The van der Waals surface area contributed by atoms with Gasteiger partial charge in [-0.2, -0.15) is 0 Å². The molecule has 0 aromatic rings. The van der Waals surface area contributed by atoms with Crippen molar-refractivity contribution in [2.45, 2.75) is 45.1 Å². The molecule has 0 unspecified atom stereocenters. The molecule has 4 heteroatoms. The van der Waals surface area contributed by atoms with E-state index in [1.807, 2.05) is 4.90 Å². The molecule has 0 aromatic heterocycles. The van der Waals surface area contributed by atoms with Gasteiger partial charge in [0.25, 0.3) is 0 Å². The average Bonchev–Trinajstić information content (AvgIpc) is 2.86. The van der Waals surface area contributed by atoms with Crippen molar-refractivity contribution in [3.05, 3.63) is 0 Å². The second-order valence-electron chi connectivity index (χ2n) is 5.36. The molecular weight excluding hydrogens is 216 g/mol. The lowest BCUT2D eigenvalue weighted by atomic mass is 9.75. The molecule has 0 radical (unpaired) electrons. The van der Waals surface area contributed by atoms with E-state index in [9.17, 15) is 9.90 Å². The Morgan fingerprint density at radius 2 is 2.18 bits per heavy atom. The van der Waals surface area contributed by atoms with Gasteiger partial charge in [-0.25, -0.2) is 0 Å². The zero-order valence-corrected chi connectivity index (χ0v) is 10.7. The number of aliphatic hydroxyl groups excluding tert-OH is 1. The highest BCUT2D eigenvalue weighted by atomic mass is 16.3. The zero-order chi connectivity index (χ0) is 12.3. The monoisotopic (exact) mass is 240 g/mol. The molecule has 98 valence electrons. The summed E-state index contributed by atoms with van der Waals surface area (Å²) in [4.78, 5) is 14.6. The minimum atomic E-state index is -0.164. The Morgan fingerprint density at radius 3 is 2.76 bits per heavy atom. The molecule has 0 bridgehead atoms. The first kappa shape index (κ1) is 12.8. The molecule has 2 rings (SSSR count). The van der Waals surface area contributed by atoms with E-state index in [4.69, 9.17) is 0 Å². The van der Waals surface area contributed by atoms with Crippen LogP contribution < -0.4 is 5.32 Å². The van der Waals surface area contributed by atoms with E-state index in [0.717, 1.165) is 51.7 Å². The molecule has 2 heterocycles. The van der Waals surface area contributed by atoms with Gasteiger partial charge >= 0.3 is 0 Å². The summed E-state index contributed by atoms with van der Waals surface area (Å²) in [6.45, 7) is 4.95. The van der Waals surface area contributed by atoms with Crippen LogP contribution in [-0.2, 0) is 4.79 Å². The van der Waals surface area contributed by atoms with Gasteiger partial charge in [-0.1, -0.05) is 6.92 Å². The van der Waals surface area contributed by atoms with Crippen molar-refractivity contribution in [1.82, 2.24) is 10.2 Å². The van der Waals surface area contributed by atoms with Gasteiger partial charge in [0.1, 0.15) is 0 Å². The third kappa shape index (κ3) is 2.33. The van der Waals surface area contributed by atoms with Gasteiger partial charge in [-0.05, 0) is 45.2 Å². The average molecular weight is 240 g/mol. The first-order chi connectivity index (χ1) is 8.23. The number of likely N-dealkylation sites (tertiary alicyclic amines) is 1. The number of amides is 1. The van der Waals surface area contributed by atoms with Crippen LogP contribution in [0.5, 0.6) is 0 Å². The van der Waals surface area contributed by atoms with Crippen LogP contribution >= 0.6 is 0 Å². The molecule has 0 aromatic carbocycles. The number of carbonyl (C=O) groups excluding carboxylic acids is 1. The molecule has 0 saturated carbocycles. The predicted molar refractivity (Wildman–Crippen MR) is 66.6 cm³/mol. The van der Waals surface area contributed by atoms with E-state index in [1.54, 1.807) is 0 Å². The zero-order valence-electron chi connectivity index (χ0n) is 10.7. The molecule has 0 spiro atoms. The number of rotatable bonds is 3. The summed E-state index contributed by atoms with van der Waals surface area (Å²) >= 11 is 0. The lowest BCUT2D eigenvalue weighted by molar-refractivity contribution is -0.145. The fourth-order valence-corrected chi connectivity index (χ4v) is 3.22. The minimum absolute atomic E-state index is 0.0702. The van der Waals surface area contributed by atoms with Gasteiger partial charge < -0.3 is 15.3 Å². The molecule has 1 atom stereocenters. The summed E-state index contributed by atoms with van der Waals surface area (Å²) in [5.41, 5.74) is -0.164. The standard InChI is InChI=1S/C13H24N2O2/c1-2-13(5-7-14-8-6-13)12(17)15-9-3-4-11(15)10-16/h11,14,16H,2-10H2,1H3/t11-/m1/s1. The van der Waals surface area contributed by atoms with Gasteiger partial charge in [0.05, 0.1) is 18.1 Å². The summed E-state index contributed by atoms with van der Waals surface area (Å²) in [7, 11) is 0. The van der Waals surface area contributed by atoms with E-state index in [-0.39, 0.29) is 24.0 Å². The fourth-order valence-electron chi connectivity index (χ4n) is 3.22. The normalized spacial score (nSPS) is 28.4. The molecule has 2 saturated heterocycles. The maximum Gasteiger partial charge on any atom is 0.229 e. The van der Waals surface area contributed by atoms with Gasteiger partial charge in [0, 0.05) is 6.54 Å². The van der Waals surface area contributed by atoms with E-state index in [0.29, 0.717) is 0 Å². The summed E-state index contributed by atoms with van der Waals surface area (Å²) in [6.07, 6.45) is 4.80. The number of nitrogens with zero attached hydrogens (tertiary/aromatic N) is 1. The molecule has 2 fully saturated rings. The topological polar surface area (TPSA) is 52.6 Å². The van der Waals surface area contributed by atoms with Gasteiger partial charge in [0.2, 0.25) is 5.91 Å². The number of aliphatic hydroxyl groups is 1. The highest BCUT2D eigenvalue weighted by molar-refractivity contribution is 5.83. The van der Waals surface area contributed by atoms with Crippen LogP contribution in [0.15, 0.2) is 0 Å². The van der Waals surface area contributed by atoms with E-state index in [1.165, 1.54) is 0 Å². The van der Waals surface area contributed by atoms with Crippen molar-refractivity contribution in [1.29, 1.82) is 0 Å². The van der Waals surface area contributed by atoms with Crippen LogP contribution in [0, 0.1) is 5.41 Å². The third-order valence-corrected chi connectivity index (χ3v) is 4.54. The maximum atomic E-state index is 12.7. The minimum Gasteiger partial charge on any atom is -0.394 e. The Labute approximate surface area is 103 Å². The van der Waals surface area contributed by atoms with Crippen LogP contribution in [0.1, 0.15) is 39.0 Å². The van der Waals surface area contributed by atoms with Crippen LogP contribution in [0.3, 0.4) is 0 Å². The Balaban J connectivity index is 2.10. The number of carbonyl (C=O) groups is 1. The lowest BCUT2D eigenvalue weighted by Crippen LogP contribution is -2.51. The van der Waals surface area contributed by atoms with Crippen LogP contribution in [0.4, 0.5) is 0 Å².